The molecule has 0 spiro atoms. The Bertz CT molecular complexity index is 699. The second-order valence-corrected chi connectivity index (χ2v) is 8.27. The maximum Gasteiger partial charge on any atom is 0.228 e. The smallest absolute Gasteiger partial charge is 0.228 e. The van der Waals surface area contributed by atoms with Crippen LogP contribution < -0.4 is 0 Å². The van der Waals surface area contributed by atoms with Gasteiger partial charge in [-0.25, -0.2) is 0 Å². The Morgan fingerprint density at radius 2 is 2.08 bits per heavy atom. The molecule has 1 saturated heterocycles. The van der Waals surface area contributed by atoms with Gasteiger partial charge in [0, 0.05) is 23.9 Å². The first-order chi connectivity index (χ1) is 12.7. The van der Waals surface area contributed by atoms with Crippen LogP contribution in [0.5, 0.6) is 0 Å². The van der Waals surface area contributed by atoms with E-state index in [0.717, 1.165) is 23.5 Å². The number of hydrogen-bond donors (Lipinski definition) is 0. The summed E-state index contributed by atoms with van der Waals surface area (Å²) in [6, 6.07) is 8.11. The van der Waals surface area contributed by atoms with Crippen molar-refractivity contribution in [2.45, 2.75) is 51.2 Å². The van der Waals surface area contributed by atoms with Gasteiger partial charge in [0.15, 0.2) is 0 Å². The van der Waals surface area contributed by atoms with Crippen LogP contribution >= 0.6 is 11.3 Å². The quantitative estimate of drug-likeness (QED) is 0.778. The standard InChI is InChI=1S/C20H24N2O3S/c23-19-11-15(12-22(19)16-5-1-2-6-16)20(24)21(13-17-7-3-9-25-17)14-18-8-4-10-26-18/h3-4,7-10,15-16H,1-2,5-6,11-14H2. The molecule has 0 aromatic carbocycles. The van der Waals surface area contributed by atoms with Crippen molar-refractivity contribution in [3.8, 4) is 0 Å². The fourth-order valence-corrected chi connectivity index (χ4v) is 4.84. The number of carbonyl (C=O) groups is 2. The molecule has 6 heteroatoms. The summed E-state index contributed by atoms with van der Waals surface area (Å²) in [6.07, 6.45) is 6.51. The monoisotopic (exact) mass is 372 g/mol. The third kappa shape index (κ3) is 3.70. The highest BCUT2D eigenvalue weighted by molar-refractivity contribution is 7.09. The second-order valence-electron chi connectivity index (χ2n) is 7.24. The minimum Gasteiger partial charge on any atom is -0.467 e. The van der Waals surface area contributed by atoms with E-state index in [9.17, 15) is 9.59 Å². The molecule has 1 aliphatic heterocycles. The lowest BCUT2D eigenvalue weighted by atomic mass is 10.1. The van der Waals surface area contributed by atoms with Crippen LogP contribution in [0.15, 0.2) is 40.3 Å². The number of thiophene rings is 1. The molecule has 5 nitrogen and oxygen atoms in total. The summed E-state index contributed by atoms with van der Waals surface area (Å²) in [5, 5.41) is 2.02. The first-order valence-corrected chi connectivity index (χ1v) is 10.2. The Labute approximate surface area is 157 Å². The average Bonchev–Trinajstić information content (AvgIpc) is 3.41. The van der Waals surface area contributed by atoms with Crippen LogP contribution in [0.3, 0.4) is 0 Å². The van der Waals surface area contributed by atoms with Crippen LogP contribution in [-0.4, -0.2) is 34.2 Å². The molecule has 1 unspecified atom stereocenters. The Balaban J connectivity index is 1.47. The van der Waals surface area contributed by atoms with Gasteiger partial charge in [0.05, 0.1) is 25.3 Å². The van der Waals surface area contributed by atoms with Gasteiger partial charge in [-0.15, -0.1) is 11.3 Å². The van der Waals surface area contributed by atoms with Crippen molar-refractivity contribution in [2.75, 3.05) is 6.54 Å². The van der Waals surface area contributed by atoms with Crippen molar-refractivity contribution in [2.24, 2.45) is 5.92 Å². The van der Waals surface area contributed by atoms with E-state index in [-0.39, 0.29) is 17.7 Å². The highest BCUT2D eigenvalue weighted by Gasteiger charge is 2.40. The topological polar surface area (TPSA) is 53.8 Å². The van der Waals surface area contributed by atoms with E-state index < -0.39 is 0 Å². The Kier molecular flexibility index (Phi) is 5.11. The molecule has 1 saturated carbocycles. The molecule has 4 rings (SSSR count). The lowest BCUT2D eigenvalue weighted by Crippen LogP contribution is -2.38. The van der Waals surface area contributed by atoms with Crippen molar-refractivity contribution in [3.63, 3.8) is 0 Å². The normalized spacial score (nSPS) is 20.8. The zero-order chi connectivity index (χ0) is 17.9. The van der Waals surface area contributed by atoms with Gasteiger partial charge < -0.3 is 14.2 Å². The molecule has 2 aromatic heterocycles. The number of rotatable bonds is 6. The minimum absolute atomic E-state index is 0.0589. The molecule has 1 atom stereocenters. The molecule has 0 bridgehead atoms. The molecule has 2 amide bonds. The highest BCUT2D eigenvalue weighted by atomic mass is 32.1. The Hall–Kier alpha value is -2.08. The Morgan fingerprint density at radius 3 is 2.77 bits per heavy atom. The second kappa shape index (κ2) is 7.66. The molecule has 138 valence electrons. The number of amides is 2. The fraction of sp³-hybridized carbons (Fsp3) is 0.500. The Morgan fingerprint density at radius 1 is 1.23 bits per heavy atom. The molecule has 2 fully saturated rings. The molecule has 0 radical (unpaired) electrons. The summed E-state index contributed by atoms with van der Waals surface area (Å²) < 4.78 is 5.45. The number of carbonyl (C=O) groups excluding carboxylic acids is 2. The number of furan rings is 1. The van der Waals surface area contributed by atoms with Crippen molar-refractivity contribution in [1.82, 2.24) is 9.80 Å². The molecule has 2 aliphatic rings. The number of likely N-dealkylation sites (tertiary alicyclic amines) is 1. The predicted molar refractivity (Wildman–Crippen MR) is 99.4 cm³/mol. The molecule has 0 N–H and O–H groups in total. The maximum atomic E-state index is 13.2. The van der Waals surface area contributed by atoms with Crippen molar-refractivity contribution < 1.29 is 14.0 Å². The zero-order valence-corrected chi connectivity index (χ0v) is 15.6. The van der Waals surface area contributed by atoms with Crippen LogP contribution in [0.4, 0.5) is 0 Å². The van der Waals surface area contributed by atoms with E-state index in [4.69, 9.17) is 4.42 Å². The lowest BCUT2D eigenvalue weighted by Gasteiger charge is -2.26. The summed E-state index contributed by atoms with van der Waals surface area (Å²) in [4.78, 5) is 30.6. The van der Waals surface area contributed by atoms with Gasteiger partial charge in [-0.05, 0) is 36.4 Å². The first-order valence-electron chi connectivity index (χ1n) is 9.34. The van der Waals surface area contributed by atoms with Gasteiger partial charge in [0.2, 0.25) is 11.8 Å². The van der Waals surface area contributed by atoms with Crippen LogP contribution in [-0.2, 0) is 22.7 Å². The SMILES string of the molecule is O=C(C1CC(=O)N(C2CCCC2)C1)N(Cc1ccco1)Cc1cccs1. The van der Waals surface area contributed by atoms with Crippen molar-refractivity contribution in [3.05, 3.63) is 46.5 Å². The lowest BCUT2D eigenvalue weighted by molar-refractivity contribution is -0.137. The summed E-state index contributed by atoms with van der Waals surface area (Å²) in [5.74, 6) is 0.734. The minimum atomic E-state index is -0.238. The van der Waals surface area contributed by atoms with E-state index in [1.165, 1.54) is 12.8 Å². The largest absolute Gasteiger partial charge is 0.467 e. The summed E-state index contributed by atoms with van der Waals surface area (Å²) in [6.45, 7) is 1.57. The number of nitrogens with zero attached hydrogens (tertiary/aromatic N) is 2. The van der Waals surface area contributed by atoms with Crippen LogP contribution in [0.25, 0.3) is 0 Å². The molecular weight excluding hydrogens is 348 g/mol. The van der Waals surface area contributed by atoms with Gasteiger partial charge in [0.1, 0.15) is 5.76 Å². The molecule has 2 aromatic rings. The first kappa shape index (κ1) is 17.3. The van der Waals surface area contributed by atoms with E-state index in [1.54, 1.807) is 17.6 Å². The van der Waals surface area contributed by atoms with Crippen molar-refractivity contribution in [1.29, 1.82) is 0 Å². The van der Waals surface area contributed by atoms with Crippen LogP contribution in [0, 0.1) is 5.92 Å². The molecule has 3 heterocycles. The van der Waals surface area contributed by atoms with E-state index in [1.807, 2.05) is 39.4 Å². The summed E-state index contributed by atoms with van der Waals surface area (Å²) >= 11 is 1.64. The predicted octanol–water partition coefficient (Wildman–Crippen LogP) is 3.66. The zero-order valence-electron chi connectivity index (χ0n) is 14.8. The maximum absolute atomic E-state index is 13.2. The highest BCUT2D eigenvalue weighted by Crippen LogP contribution is 2.31. The van der Waals surface area contributed by atoms with Crippen LogP contribution in [0.1, 0.15) is 42.7 Å². The van der Waals surface area contributed by atoms with Gasteiger partial charge in [-0.3, -0.25) is 9.59 Å². The van der Waals surface area contributed by atoms with Gasteiger partial charge in [-0.2, -0.15) is 0 Å². The average molecular weight is 372 g/mol. The van der Waals surface area contributed by atoms with Crippen LogP contribution in [0.2, 0.25) is 0 Å². The third-order valence-corrected chi connectivity index (χ3v) is 6.30. The third-order valence-electron chi connectivity index (χ3n) is 5.44. The van der Waals surface area contributed by atoms with Crippen molar-refractivity contribution >= 4 is 23.2 Å². The summed E-state index contributed by atoms with van der Waals surface area (Å²) in [5.41, 5.74) is 0. The van der Waals surface area contributed by atoms with E-state index in [0.29, 0.717) is 32.1 Å². The van der Waals surface area contributed by atoms with Gasteiger partial charge in [-0.1, -0.05) is 18.9 Å². The summed E-state index contributed by atoms with van der Waals surface area (Å²) in [7, 11) is 0. The van der Waals surface area contributed by atoms with Gasteiger partial charge >= 0.3 is 0 Å². The van der Waals surface area contributed by atoms with Gasteiger partial charge in [0.25, 0.3) is 0 Å². The molecule has 26 heavy (non-hydrogen) atoms. The fourth-order valence-electron chi connectivity index (χ4n) is 4.12. The molecular formula is C20H24N2O3S. The number of hydrogen-bond acceptors (Lipinski definition) is 4. The molecule has 1 aliphatic carbocycles. The van der Waals surface area contributed by atoms with E-state index >= 15 is 0 Å². The van der Waals surface area contributed by atoms with E-state index in [2.05, 4.69) is 0 Å².